The van der Waals surface area contributed by atoms with Crippen LogP contribution in [0.15, 0.2) is 36.4 Å². The molecule has 0 spiro atoms. The van der Waals surface area contributed by atoms with Crippen LogP contribution in [0.4, 0.5) is 0 Å². The van der Waals surface area contributed by atoms with E-state index in [4.69, 9.17) is 11.6 Å². The largest absolute Gasteiger partial charge is 0.354 e. The smallest absolute Gasteiger partial charge is 0.244 e. The Hall–Kier alpha value is -2.40. The van der Waals surface area contributed by atoms with E-state index in [1.165, 1.54) is 6.08 Å². The molecule has 0 bridgehead atoms. The van der Waals surface area contributed by atoms with Gasteiger partial charge in [0.25, 0.3) is 0 Å². The van der Waals surface area contributed by atoms with Crippen LogP contribution in [0.25, 0.3) is 17.0 Å². The average molecular weight is 344 g/mol. The van der Waals surface area contributed by atoms with Crippen LogP contribution in [0.3, 0.4) is 0 Å². The van der Waals surface area contributed by atoms with E-state index in [2.05, 4.69) is 15.6 Å². The van der Waals surface area contributed by atoms with Crippen LogP contribution in [-0.2, 0) is 9.59 Å². The number of amides is 2. The fourth-order valence-corrected chi connectivity index (χ4v) is 2.82. The van der Waals surface area contributed by atoms with Crippen LogP contribution in [0, 0.1) is 0 Å². The molecule has 1 fully saturated rings. The Morgan fingerprint density at radius 3 is 3.00 bits per heavy atom. The van der Waals surface area contributed by atoms with Gasteiger partial charge in [-0.1, -0.05) is 23.7 Å². The lowest BCUT2D eigenvalue weighted by molar-refractivity contribution is -0.126. The van der Waals surface area contributed by atoms with Crippen molar-refractivity contribution in [2.75, 3.05) is 6.54 Å². The molecule has 0 radical (unpaired) electrons. The molecule has 1 aliphatic rings. The van der Waals surface area contributed by atoms with Crippen molar-refractivity contribution in [3.8, 4) is 0 Å². The Balaban J connectivity index is 1.68. The highest BCUT2D eigenvalue weighted by molar-refractivity contribution is 6.31. The topological polar surface area (TPSA) is 71.1 Å². The predicted octanol–water partition coefficient (Wildman–Crippen LogP) is 2.69. The molecule has 2 heterocycles. The number of pyridine rings is 1. The van der Waals surface area contributed by atoms with Crippen LogP contribution < -0.4 is 10.6 Å². The number of hydrogen-bond acceptors (Lipinski definition) is 3. The number of carbonyl (C=O) groups is 2. The molecule has 3 rings (SSSR count). The summed E-state index contributed by atoms with van der Waals surface area (Å²) in [5.41, 5.74) is 1.43. The van der Waals surface area contributed by atoms with Gasteiger partial charge in [-0.3, -0.25) is 9.59 Å². The molecule has 1 saturated heterocycles. The van der Waals surface area contributed by atoms with Gasteiger partial charge >= 0.3 is 0 Å². The van der Waals surface area contributed by atoms with Gasteiger partial charge in [-0.2, -0.15) is 0 Å². The normalized spacial score (nSPS) is 18.4. The Bertz CT molecular complexity index is 804. The number of hydrogen-bond donors (Lipinski definition) is 2. The number of aromatic nitrogens is 1. The highest BCUT2D eigenvalue weighted by Gasteiger charge is 2.21. The number of nitrogens with one attached hydrogen (secondary N) is 2. The fourth-order valence-electron chi connectivity index (χ4n) is 2.66. The first-order chi connectivity index (χ1) is 11.6. The molecule has 2 amide bonds. The van der Waals surface area contributed by atoms with Crippen molar-refractivity contribution in [1.82, 2.24) is 15.6 Å². The lowest BCUT2D eigenvalue weighted by atomic mass is 10.1. The maximum atomic E-state index is 12.0. The van der Waals surface area contributed by atoms with Crippen LogP contribution in [-0.4, -0.2) is 29.4 Å². The van der Waals surface area contributed by atoms with Crippen LogP contribution in [0.2, 0.25) is 5.02 Å². The van der Waals surface area contributed by atoms with Crippen molar-refractivity contribution in [2.24, 2.45) is 0 Å². The molecular formula is C18H18ClN3O2. The van der Waals surface area contributed by atoms with E-state index in [1.54, 1.807) is 12.1 Å². The molecule has 24 heavy (non-hydrogen) atoms. The molecule has 6 heteroatoms. The molecule has 1 unspecified atom stereocenters. The number of halogens is 1. The van der Waals surface area contributed by atoms with E-state index in [0.29, 0.717) is 23.7 Å². The van der Waals surface area contributed by atoms with Crippen molar-refractivity contribution >= 4 is 40.4 Å². The predicted molar refractivity (Wildman–Crippen MR) is 94.6 cm³/mol. The monoisotopic (exact) mass is 343 g/mol. The van der Waals surface area contributed by atoms with Gasteiger partial charge in [0.1, 0.15) is 6.04 Å². The van der Waals surface area contributed by atoms with Gasteiger partial charge in [0.2, 0.25) is 11.8 Å². The first-order valence-electron chi connectivity index (χ1n) is 7.94. The highest BCUT2D eigenvalue weighted by Crippen LogP contribution is 2.18. The summed E-state index contributed by atoms with van der Waals surface area (Å²) in [6.07, 6.45) is 5.55. The summed E-state index contributed by atoms with van der Waals surface area (Å²) >= 11 is 5.97. The summed E-state index contributed by atoms with van der Waals surface area (Å²) in [5.74, 6) is -0.419. The molecule has 2 N–H and O–H groups in total. The minimum Gasteiger partial charge on any atom is -0.354 e. The van der Waals surface area contributed by atoms with Crippen LogP contribution in [0.1, 0.15) is 25.0 Å². The third-order valence-electron chi connectivity index (χ3n) is 3.93. The molecule has 1 aliphatic heterocycles. The van der Waals surface area contributed by atoms with Gasteiger partial charge < -0.3 is 10.6 Å². The van der Waals surface area contributed by atoms with Gasteiger partial charge in [-0.05, 0) is 43.5 Å². The van der Waals surface area contributed by atoms with Crippen molar-refractivity contribution in [2.45, 2.75) is 25.3 Å². The third-order valence-corrected chi connectivity index (χ3v) is 4.17. The van der Waals surface area contributed by atoms with Gasteiger partial charge in [-0.25, -0.2) is 4.98 Å². The summed E-state index contributed by atoms with van der Waals surface area (Å²) in [6.45, 7) is 0.671. The quantitative estimate of drug-likeness (QED) is 0.842. The first kappa shape index (κ1) is 16.5. The highest BCUT2D eigenvalue weighted by atomic mass is 35.5. The summed E-state index contributed by atoms with van der Waals surface area (Å²) in [6, 6.07) is 8.78. The lowest BCUT2D eigenvalue weighted by Crippen LogP contribution is -2.44. The van der Waals surface area contributed by atoms with Crippen molar-refractivity contribution in [1.29, 1.82) is 0 Å². The Morgan fingerprint density at radius 2 is 2.12 bits per heavy atom. The molecule has 5 nitrogen and oxygen atoms in total. The van der Waals surface area contributed by atoms with E-state index >= 15 is 0 Å². The minimum absolute atomic E-state index is 0.118. The van der Waals surface area contributed by atoms with Crippen LogP contribution >= 0.6 is 11.6 Å². The van der Waals surface area contributed by atoms with E-state index in [1.807, 2.05) is 24.3 Å². The Kier molecular flexibility index (Phi) is 5.11. The number of nitrogens with zero attached hydrogens (tertiary/aromatic N) is 1. The second-order valence-electron chi connectivity index (χ2n) is 5.75. The number of carbonyl (C=O) groups excluding carboxylic acids is 2. The van der Waals surface area contributed by atoms with Crippen molar-refractivity contribution < 1.29 is 9.59 Å². The molecule has 0 saturated carbocycles. The number of rotatable bonds is 3. The van der Waals surface area contributed by atoms with E-state index in [0.717, 1.165) is 23.7 Å². The molecule has 1 aromatic carbocycles. The fraction of sp³-hybridized carbons (Fsp3) is 0.278. The number of fused-ring (bicyclic) bond motifs is 1. The van der Waals surface area contributed by atoms with Gasteiger partial charge in [0, 0.05) is 23.0 Å². The van der Waals surface area contributed by atoms with Gasteiger partial charge in [0.15, 0.2) is 0 Å². The van der Waals surface area contributed by atoms with E-state index < -0.39 is 6.04 Å². The van der Waals surface area contributed by atoms with Gasteiger partial charge in [-0.15, -0.1) is 0 Å². The molecule has 124 valence electrons. The number of benzene rings is 1. The third kappa shape index (κ3) is 4.11. The minimum atomic E-state index is -0.465. The molecule has 0 aliphatic carbocycles. The molecule has 1 atom stereocenters. The summed E-state index contributed by atoms with van der Waals surface area (Å²) in [7, 11) is 0. The van der Waals surface area contributed by atoms with E-state index in [9.17, 15) is 9.59 Å². The summed E-state index contributed by atoms with van der Waals surface area (Å²) < 4.78 is 0. The van der Waals surface area contributed by atoms with Crippen LogP contribution in [0.5, 0.6) is 0 Å². The van der Waals surface area contributed by atoms with E-state index in [-0.39, 0.29) is 11.8 Å². The second kappa shape index (κ2) is 7.45. The maximum absolute atomic E-state index is 12.0. The SMILES string of the molecule is O=C(/C=C/c1ccc2ccc(Cl)cc2n1)NC1CCCCNC1=O. The van der Waals surface area contributed by atoms with Gasteiger partial charge in [0.05, 0.1) is 11.2 Å². The Morgan fingerprint density at radius 1 is 1.29 bits per heavy atom. The summed E-state index contributed by atoms with van der Waals surface area (Å²) in [4.78, 5) is 28.3. The molecule has 1 aromatic heterocycles. The first-order valence-corrected chi connectivity index (χ1v) is 8.32. The zero-order valence-corrected chi connectivity index (χ0v) is 13.8. The summed E-state index contributed by atoms with van der Waals surface area (Å²) in [5, 5.41) is 7.14. The standard InChI is InChI=1S/C18H18ClN3O2/c19-13-6-4-12-5-7-14(21-16(12)11-13)8-9-17(23)22-15-3-1-2-10-20-18(15)24/h4-9,11,15H,1-3,10H2,(H,20,24)(H,22,23)/b9-8+. The van der Waals surface area contributed by atoms with Crippen molar-refractivity contribution in [3.05, 3.63) is 47.1 Å². The average Bonchev–Trinajstić information content (AvgIpc) is 2.77. The second-order valence-corrected chi connectivity index (χ2v) is 6.19. The van der Waals surface area contributed by atoms with Crippen molar-refractivity contribution in [3.63, 3.8) is 0 Å². The molecule has 2 aromatic rings. The lowest BCUT2D eigenvalue weighted by Gasteiger charge is -2.13. The Labute approximate surface area is 145 Å². The maximum Gasteiger partial charge on any atom is 0.244 e. The zero-order chi connectivity index (χ0) is 16.9. The zero-order valence-electron chi connectivity index (χ0n) is 13.1. The molecular weight excluding hydrogens is 326 g/mol.